The second-order valence-electron chi connectivity index (χ2n) is 4.52. The summed E-state index contributed by atoms with van der Waals surface area (Å²) < 4.78 is 1.91. The Morgan fingerprint density at radius 2 is 2.06 bits per heavy atom. The molecule has 0 aromatic carbocycles. The fourth-order valence-electron chi connectivity index (χ4n) is 2.15. The van der Waals surface area contributed by atoms with Crippen molar-refractivity contribution in [3.63, 3.8) is 0 Å². The van der Waals surface area contributed by atoms with Crippen molar-refractivity contribution in [2.45, 2.75) is 55.5 Å². The topological polar surface area (TPSA) is 55.6 Å². The summed E-state index contributed by atoms with van der Waals surface area (Å²) in [6, 6.07) is 0. The summed E-state index contributed by atoms with van der Waals surface area (Å²) in [6.07, 6.45) is 8.11. The average molecular weight is 255 g/mol. The number of rotatable bonds is 5. The average Bonchev–Trinajstić information content (AvgIpc) is 2.61. The zero-order valence-corrected chi connectivity index (χ0v) is 11.2. The lowest BCUT2D eigenvalue weighted by atomic mass is 10.2. The molecule has 1 fully saturated rings. The second-order valence-corrected chi connectivity index (χ2v) is 5.79. The molecule has 17 heavy (non-hydrogen) atoms. The molecule has 1 aliphatic carbocycles. The molecule has 1 heterocycles. The third-order valence-corrected chi connectivity index (χ3v) is 4.45. The van der Waals surface area contributed by atoms with Gasteiger partial charge in [0.05, 0.1) is 6.54 Å². The van der Waals surface area contributed by atoms with E-state index < -0.39 is 0 Å². The van der Waals surface area contributed by atoms with E-state index in [9.17, 15) is 0 Å². The molecule has 0 aliphatic heterocycles. The highest BCUT2D eigenvalue weighted by Gasteiger charge is 2.17. The zero-order chi connectivity index (χ0) is 11.9. The van der Waals surface area contributed by atoms with E-state index in [1.54, 1.807) is 0 Å². The molecule has 1 N–H and O–H groups in total. The first-order valence-corrected chi connectivity index (χ1v) is 7.35. The molecular formula is C11H21N5S. The largest absolute Gasteiger partial charge is 0.318 e. The van der Waals surface area contributed by atoms with E-state index in [0.29, 0.717) is 5.25 Å². The molecule has 0 atom stereocenters. The van der Waals surface area contributed by atoms with E-state index in [4.69, 9.17) is 0 Å². The number of nitrogens with zero attached hydrogens (tertiary/aromatic N) is 4. The monoisotopic (exact) mass is 255 g/mol. The third kappa shape index (κ3) is 3.96. The summed E-state index contributed by atoms with van der Waals surface area (Å²) in [5.74, 6) is 0. The standard InChI is InChI=1S/C11H21N5S/c1-12-8-9-16-11(13-14-15-16)17-10-6-4-2-3-5-7-10/h10,12H,2-9H2,1H3. The van der Waals surface area contributed by atoms with E-state index in [1.165, 1.54) is 38.5 Å². The van der Waals surface area contributed by atoms with Crippen molar-refractivity contribution in [3.05, 3.63) is 0 Å². The molecule has 1 aliphatic rings. The van der Waals surface area contributed by atoms with Gasteiger partial charge < -0.3 is 5.32 Å². The molecule has 0 amide bonds. The number of likely N-dealkylation sites (N-methyl/N-ethyl adjacent to an activating group) is 1. The molecule has 1 saturated carbocycles. The minimum Gasteiger partial charge on any atom is -0.318 e. The van der Waals surface area contributed by atoms with E-state index in [-0.39, 0.29) is 0 Å². The van der Waals surface area contributed by atoms with Crippen molar-refractivity contribution >= 4 is 11.8 Å². The molecule has 0 bridgehead atoms. The minimum absolute atomic E-state index is 0.705. The quantitative estimate of drug-likeness (QED) is 0.812. The highest BCUT2D eigenvalue weighted by Crippen LogP contribution is 2.31. The number of hydrogen-bond donors (Lipinski definition) is 1. The van der Waals surface area contributed by atoms with Crippen LogP contribution in [0.3, 0.4) is 0 Å². The fraction of sp³-hybridized carbons (Fsp3) is 0.909. The number of thioether (sulfide) groups is 1. The van der Waals surface area contributed by atoms with Gasteiger partial charge in [-0.1, -0.05) is 37.4 Å². The van der Waals surface area contributed by atoms with Crippen molar-refractivity contribution in [2.75, 3.05) is 13.6 Å². The van der Waals surface area contributed by atoms with Crippen LogP contribution in [0.25, 0.3) is 0 Å². The lowest BCUT2D eigenvalue weighted by Crippen LogP contribution is -2.17. The van der Waals surface area contributed by atoms with Crippen LogP contribution in [0.4, 0.5) is 0 Å². The first kappa shape index (κ1) is 12.8. The maximum atomic E-state index is 4.13. The maximum absolute atomic E-state index is 4.13. The van der Waals surface area contributed by atoms with Crippen LogP contribution in [0.5, 0.6) is 0 Å². The Labute approximate surface area is 107 Å². The van der Waals surface area contributed by atoms with Crippen LogP contribution in [0, 0.1) is 0 Å². The number of hydrogen-bond acceptors (Lipinski definition) is 5. The second kappa shape index (κ2) is 6.96. The summed E-state index contributed by atoms with van der Waals surface area (Å²) in [5, 5.41) is 16.8. The van der Waals surface area contributed by atoms with Gasteiger partial charge in [0.15, 0.2) is 0 Å². The fourth-order valence-corrected chi connectivity index (χ4v) is 3.35. The van der Waals surface area contributed by atoms with Crippen molar-refractivity contribution in [2.24, 2.45) is 0 Å². The lowest BCUT2D eigenvalue weighted by Gasteiger charge is -2.12. The highest BCUT2D eigenvalue weighted by molar-refractivity contribution is 7.99. The molecule has 96 valence electrons. The van der Waals surface area contributed by atoms with Gasteiger partial charge in [-0.3, -0.25) is 0 Å². The molecule has 0 spiro atoms. The van der Waals surface area contributed by atoms with Crippen LogP contribution in [0.2, 0.25) is 0 Å². The highest BCUT2D eigenvalue weighted by atomic mass is 32.2. The van der Waals surface area contributed by atoms with Gasteiger partial charge in [0, 0.05) is 11.8 Å². The molecule has 5 nitrogen and oxygen atoms in total. The summed E-state index contributed by atoms with van der Waals surface area (Å²) in [7, 11) is 1.95. The van der Waals surface area contributed by atoms with Crippen LogP contribution < -0.4 is 5.32 Å². The first-order valence-electron chi connectivity index (χ1n) is 6.47. The molecule has 1 aromatic heterocycles. The van der Waals surface area contributed by atoms with E-state index in [2.05, 4.69) is 20.8 Å². The minimum atomic E-state index is 0.705. The molecule has 0 unspecified atom stereocenters. The summed E-state index contributed by atoms with van der Waals surface area (Å²) >= 11 is 1.86. The van der Waals surface area contributed by atoms with Gasteiger partial charge in [0.2, 0.25) is 5.16 Å². The van der Waals surface area contributed by atoms with Gasteiger partial charge in [0.1, 0.15) is 0 Å². The molecule has 6 heteroatoms. The van der Waals surface area contributed by atoms with Gasteiger partial charge in [0.25, 0.3) is 0 Å². The van der Waals surface area contributed by atoms with Crippen LogP contribution >= 0.6 is 11.8 Å². The van der Waals surface area contributed by atoms with Crippen molar-refractivity contribution < 1.29 is 0 Å². The van der Waals surface area contributed by atoms with E-state index >= 15 is 0 Å². The van der Waals surface area contributed by atoms with Crippen LogP contribution in [-0.4, -0.2) is 39.0 Å². The van der Waals surface area contributed by atoms with Gasteiger partial charge in [-0.2, -0.15) is 0 Å². The Morgan fingerprint density at radius 1 is 1.29 bits per heavy atom. The van der Waals surface area contributed by atoms with Gasteiger partial charge in [-0.15, -0.1) is 5.10 Å². The predicted molar refractivity (Wildman–Crippen MR) is 69.1 cm³/mol. The molecule has 1 aromatic rings. The lowest BCUT2D eigenvalue weighted by molar-refractivity contribution is 0.528. The van der Waals surface area contributed by atoms with Crippen molar-refractivity contribution in [1.82, 2.24) is 25.5 Å². The number of nitrogens with one attached hydrogen (secondary N) is 1. The number of tetrazole rings is 1. The SMILES string of the molecule is CNCCn1nnnc1SC1CCCCCC1. The Morgan fingerprint density at radius 3 is 2.76 bits per heavy atom. The Balaban J connectivity index is 1.90. The Kier molecular flexibility index (Phi) is 5.25. The smallest absolute Gasteiger partial charge is 0.209 e. The van der Waals surface area contributed by atoms with Gasteiger partial charge in [-0.05, 0) is 30.3 Å². The zero-order valence-electron chi connectivity index (χ0n) is 10.4. The maximum Gasteiger partial charge on any atom is 0.209 e. The first-order chi connectivity index (χ1) is 8.40. The normalized spacial score (nSPS) is 18.2. The predicted octanol–water partition coefficient (Wildman–Crippen LogP) is 1.71. The van der Waals surface area contributed by atoms with Crippen molar-refractivity contribution in [3.8, 4) is 0 Å². The summed E-state index contributed by atoms with van der Waals surface area (Å²) in [6.45, 7) is 1.75. The molecule has 0 saturated heterocycles. The molecular weight excluding hydrogens is 234 g/mol. The van der Waals surface area contributed by atoms with E-state index in [1.807, 2.05) is 23.5 Å². The van der Waals surface area contributed by atoms with Gasteiger partial charge >= 0.3 is 0 Å². The van der Waals surface area contributed by atoms with E-state index in [0.717, 1.165) is 18.2 Å². The summed E-state index contributed by atoms with van der Waals surface area (Å²) in [5.41, 5.74) is 0. The Bertz CT molecular complexity index is 319. The molecule has 0 radical (unpaired) electrons. The molecule has 2 rings (SSSR count). The van der Waals surface area contributed by atoms with Crippen LogP contribution in [0.1, 0.15) is 38.5 Å². The Hall–Kier alpha value is -0.620. The van der Waals surface area contributed by atoms with Gasteiger partial charge in [-0.25, -0.2) is 4.68 Å². The van der Waals surface area contributed by atoms with Crippen LogP contribution in [-0.2, 0) is 6.54 Å². The third-order valence-electron chi connectivity index (χ3n) is 3.15. The van der Waals surface area contributed by atoms with Crippen LogP contribution in [0.15, 0.2) is 5.16 Å². The van der Waals surface area contributed by atoms with Crippen molar-refractivity contribution in [1.29, 1.82) is 0 Å². The summed E-state index contributed by atoms with van der Waals surface area (Å²) in [4.78, 5) is 0. The number of aromatic nitrogens is 4.